The van der Waals surface area contributed by atoms with E-state index in [1.54, 1.807) is 24.3 Å². The third-order valence-electron chi connectivity index (χ3n) is 5.15. The molecule has 0 bridgehead atoms. The number of nitrogens with one attached hydrogen (secondary N) is 2. The first-order valence-electron chi connectivity index (χ1n) is 8.80. The van der Waals surface area contributed by atoms with Crippen LogP contribution in [0, 0.1) is 5.82 Å². The highest BCUT2D eigenvalue weighted by Gasteiger charge is 2.42. The highest BCUT2D eigenvalue weighted by atomic mass is 32.3. The molecule has 2 atom stereocenters. The Balaban J connectivity index is 1.56. The zero-order valence-electron chi connectivity index (χ0n) is 14.4. The second-order valence-corrected chi connectivity index (χ2v) is 8.90. The van der Waals surface area contributed by atoms with Gasteiger partial charge in [-0.1, -0.05) is 28.5 Å². The summed E-state index contributed by atoms with van der Waals surface area (Å²) >= 11 is 0. The summed E-state index contributed by atoms with van der Waals surface area (Å²) in [5.74, 6) is -0.236. The Morgan fingerprint density at radius 3 is 2.77 bits per heavy atom. The van der Waals surface area contributed by atoms with E-state index < -0.39 is 10.4 Å². The summed E-state index contributed by atoms with van der Waals surface area (Å²) in [6.07, 6.45) is 1.86. The molecule has 5 nitrogen and oxygen atoms in total. The zero-order chi connectivity index (χ0) is 18.2. The Labute approximate surface area is 154 Å². The van der Waals surface area contributed by atoms with E-state index in [2.05, 4.69) is 14.9 Å². The molecule has 2 aliphatic rings. The molecule has 2 N–H and O–H groups in total. The van der Waals surface area contributed by atoms with Gasteiger partial charge in [0.2, 0.25) is 0 Å². The number of hydrogen-bond donors (Lipinski definition) is 2. The van der Waals surface area contributed by atoms with Crippen LogP contribution < -0.4 is 10.0 Å². The molecule has 2 aliphatic heterocycles. The molecule has 26 heavy (non-hydrogen) atoms. The van der Waals surface area contributed by atoms with E-state index in [0.717, 1.165) is 38.0 Å². The lowest BCUT2D eigenvalue weighted by atomic mass is 9.88. The van der Waals surface area contributed by atoms with Crippen LogP contribution in [0.4, 0.5) is 10.1 Å². The van der Waals surface area contributed by atoms with E-state index in [1.165, 1.54) is 12.1 Å². The maximum absolute atomic E-state index is 13.1. The lowest BCUT2D eigenvalue weighted by Crippen LogP contribution is -2.57. The second kappa shape index (κ2) is 6.74. The lowest BCUT2D eigenvalue weighted by Gasteiger charge is -2.42. The first-order valence-corrected chi connectivity index (χ1v) is 10.3. The quantitative estimate of drug-likeness (QED) is 0.792. The van der Waals surface area contributed by atoms with Crippen LogP contribution in [-0.2, 0) is 21.2 Å². The topological polar surface area (TPSA) is 67.4 Å². The van der Waals surface area contributed by atoms with Gasteiger partial charge in [-0.3, -0.25) is 4.90 Å². The van der Waals surface area contributed by atoms with E-state index in [4.69, 9.17) is 0 Å². The van der Waals surface area contributed by atoms with E-state index >= 15 is 0 Å². The number of hydrogen-bond acceptors (Lipinski definition) is 4. The van der Waals surface area contributed by atoms with Gasteiger partial charge < -0.3 is 9.87 Å². The minimum Gasteiger partial charge on any atom is -0.593 e. The van der Waals surface area contributed by atoms with Crippen molar-refractivity contribution in [3.05, 3.63) is 59.9 Å². The molecule has 1 saturated heterocycles. The summed E-state index contributed by atoms with van der Waals surface area (Å²) < 4.78 is 40.9. The zero-order valence-corrected chi connectivity index (χ0v) is 15.2. The van der Waals surface area contributed by atoms with Gasteiger partial charge in [-0.15, -0.1) is 4.72 Å². The maximum atomic E-state index is 13.1. The van der Waals surface area contributed by atoms with Crippen LogP contribution in [0.25, 0.3) is 0 Å². The van der Waals surface area contributed by atoms with Crippen molar-refractivity contribution in [2.75, 3.05) is 25.0 Å². The molecular weight excluding hydrogens is 353 g/mol. The van der Waals surface area contributed by atoms with Crippen molar-refractivity contribution in [1.82, 2.24) is 9.62 Å². The number of rotatable bonds is 2. The molecule has 0 aromatic heterocycles. The van der Waals surface area contributed by atoms with Gasteiger partial charge >= 0.3 is 0 Å². The third kappa shape index (κ3) is 3.53. The average molecular weight is 375 g/mol. The van der Waals surface area contributed by atoms with Gasteiger partial charge in [0.25, 0.3) is 0 Å². The molecular formula is C19H22FN3O2S. The fraction of sp³-hybridized carbons (Fsp3) is 0.368. The molecule has 4 rings (SSSR count). The molecule has 0 aliphatic carbocycles. The van der Waals surface area contributed by atoms with Gasteiger partial charge in [0, 0.05) is 13.1 Å². The lowest BCUT2D eigenvalue weighted by molar-refractivity contribution is 0.156. The summed E-state index contributed by atoms with van der Waals surface area (Å²) in [5, 5.41) is 3.51. The minimum atomic E-state index is -3.51. The first-order chi connectivity index (χ1) is 12.5. The summed E-state index contributed by atoms with van der Waals surface area (Å²) in [5.41, 5.74) is 1.36. The van der Waals surface area contributed by atoms with Gasteiger partial charge in [0.1, 0.15) is 5.82 Å². The molecule has 2 unspecified atom stereocenters. The summed E-state index contributed by atoms with van der Waals surface area (Å²) in [4.78, 5) is 2.60. The average Bonchev–Trinajstić information content (AvgIpc) is 2.73. The third-order valence-corrected chi connectivity index (χ3v) is 6.61. The van der Waals surface area contributed by atoms with Crippen molar-refractivity contribution in [2.24, 2.45) is 0 Å². The van der Waals surface area contributed by atoms with Crippen LogP contribution in [0.3, 0.4) is 0 Å². The van der Waals surface area contributed by atoms with Gasteiger partial charge in [0.15, 0.2) is 15.3 Å². The number of halogens is 1. The van der Waals surface area contributed by atoms with Gasteiger partial charge in [-0.05, 0) is 49.2 Å². The van der Waals surface area contributed by atoms with E-state index in [1.807, 2.05) is 12.1 Å². The summed E-state index contributed by atoms with van der Waals surface area (Å²) in [6, 6.07) is 13.6. The number of nitrogens with zero attached hydrogens (tertiary/aromatic N) is 1. The fourth-order valence-electron chi connectivity index (χ4n) is 3.90. The number of para-hydroxylation sites is 1. The largest absolute Gasteiger partial charge is 0.593 e. The van der Waals surface area contributed by atoms with E-state index in [9.17, 15) is 13.2 Å². The molecule has 0 saturated carbocycles. The Morgan fingerprint density at radius 2 is 1.96 bits per heavy atom. The summed E-state index contributed by atoms with van der Waals surface area (Å²) in [7, 11) is -3.51. The van der Waals surface area contributed by atoms with Crippen molar-refractivity contribution in [3.8, 4) is 0 Å². The standard InChI is InChI=1S/C19H22FN3O2S/c20-16-8-6-15(7-9-16)12-23-11-3-10-19(14-23)13-21-26(24,25)18-5-2-1-4-17(18)22-19/h1-2,4-9,22H,3,10-14H2,(H-,21,24,25). The highest BCUT2D eigenvalue weighted by Crippen LogP contribution is 2.34. The van der Waals surface area contributed by atoms with Crippen molar-refractivity contribution in [3.63, 3.8) is 0 Å². The Bertz CT molecular complexity index is 845. The molecule has 7 heteroatoms. The normalized spacial score (nSPS) is 29.0. The van der Waals surface area contributed by atoms with Crippen molar-refractivity contribution in [1.29, 1.82) is 0 Å². The van der Waals surface area contributed by atoms with Crippen LogP contribution >= 0.6 is 0 Å². The van der Waals surface area contributed by atoms with Crippen LogP contribution in [0.1, 0.15) is 18.4 Å². The molecule has 0 radical (unpaired) electrons. The van der Waals surface area contributed by atoms with Gasteiger partial charge in [0.05, 0.1) is 17.8 Å². The number of anilines is 1. The van der Waals surface area contributed by atoms with Gasteiger partial charge in [-0.2, -0.15) is 0 Å². The number of likely N-dealkylation sites (tertiary alicyclic amines) is 1. The SMILES string of the molecule is O=[S+]1([O-])NCC2(CCCN(Cc3ccc(F)cc3)C2)Nc2ccccc21. The molecule has 1 spiro atoms. The monoisotopic (exact) mass is 375 g/mol. The van der Waals surface area contributed by atoms with E-state index in [-0.39, 0.29) is 11.4 Å². The van der Waals surface area contributed by atoms with Crippen molar-refractivity contribution >= 4 is 16.1 Å². The Kier molecular flexibility index (Phi) is 4.56. The van der Waals surface area contributed by atoms with Crippen molar-refractivity contribution < 1.29 is 13.2 Å². The predicted octanol–water partition coefficient (Wildman–Crippen LogP) is 2.78. The van der Waals surface area contributed by atoms with Crippen LogP contribution in [0.2, 0.25) is 0 Å². The molecule has 2 heterocycles. The number of sulfonamides is 1. The molecule has 2 aromatic carbocycles. The Morgan fingerprint density at radius 1 is 1.19 bits per heavy atom. The fourth-order valence-corrected chi connectivity index (χ4v) is 5.19. The van der Waals surface area contributed by atoms with Crippen LogP contribution in [-0.4, -0.2) is 34.6 Å². The van der Waals surface area contributed by atoms with Crippen LogP contribution in [0.15, 0.2) is 53.4 Å². The van der Waals surface area contributed by atoms with Gasteiger partial charge in [-0.25, -0.2) is 4.39 Å². The molecule has 1 fully saturated rings. The molecule has 2 aromatic rings. The molecule has 138 valence electrons. The highest BCUT2D eigenvalue weighted by molar-refractivity contribution is 7.96. The maximum Gasteiger partial charge on any atom is 0.198 e. The first kappa shape index (κ1) is 17.6. The smallest absolute Gasteiger partial charge is 0.198 e. The van der Waals surface area contributed by atoms with Crippen molar-refractivity contribution in [2.45, 2.75) is 29.8 Å². The predicted molar refractivity (Wildman–Crippen MR) is 98.8 cm³/mol. The minimum absolute atomic E-state index is 0.236. The number of benzene rings is 2. The second-order valence-electron chi connectivity index (χ2n) is 7.17. The van der Waals surface area contributed by atoms with Crippen LogP contribution in [0.5, 0.6) is 0 Å². The van der Waals surface area contributed by atoms with E-state index in [0.29, 0.717) is 17.1 Å². The Hall–Kier alpha value is -1.80. The number of piperidine rings is 1. The molecule has 0 amide bonds. The summed E-state index contributed by atoms with van der Waals surface area (Å²) in [6.45, 7) is 2.73. The number of fused-ring (bicyclic) bond motifs is 1.